The molecule has 1 unspecified atom stereocenters. The average Bonchev–Trinajstić information content (AvgIpc) is 2.46. The topological polar surface area (TPSA) is 81.9 Å². The van der Waals surface area contributed by atoms with Gasteiger partial charge in [-0.3, -0.25) is 4.79 Å². The predicted octanol–water partition coefficient (Wildman–Crippen LogP) is 0.453. The molecular formula is C12H15N5O. The first-order valence-corrected chi connectivity index (χ1v) is 5.98. The van der Waals surface area contributed by atoms with E-state index >= 15 is 0 Å². The summed E-state index contributed by atoms with van der Waals surface area (Å²) in [6.07, 6.45) is 4.27. The molecule has 0 aliphatic carbocycles. The minimum atomic E-state index is -0.257. The molecule has 0 bridgehead atoms. The van der Waals surface area contributed by atoms with Gasteiger partial charge in [0.2, 0.25) is 5.91 Å². The number of nitrogens with zero attached hydrogens (tertiary/aromatic N) is 4. The number of rotatable bonds is 2. The van der Waals surface area contributed by atoms with Gasteiger partial charge in [0.15, 0.2) is 5.82 Å². The lowest BCUT2D eigenvalue weighted by Crippen LogP contribution is -2.49. The molecule has 1 aromatic rings. The Morgan fingerprint density at radius 2 is 2.44 bits per heavy atom. The van der Waals surface area contributed by atoms with Crippen LogP contribution in [0.25, 0.3) is 0 Å². The van der Waals surface area contributed by atoms with E-state index in [-0.39, 0.29) is 11.9 Å². The Kier molecular flexibility index (Phi) is 3.72. The number of hydrogen-bond donors (Lipinski definition) is 1. The molecule has 18 heavy (non-hydrogen) atoms. The maximum atomic E-state index is 11.9. The van der Waals surface area contributed by atoms with Crippen LogP contribution in [0.5, 0.6) is 0 Å². The summed E-state index contributed by atoms with van der Waals surface area (Å²) in [6.45, 7) is 0.728. The van der Waals surface area contributed by atoms with Gasteiger partial charge in [-0.2, -0.15) is 10.4 Å². The molecule has 0 aromatic carbocycles. The molecule has 0 spiro atoms. The Morgan fingerprint density at radius 1 is 1.61 bits per heavy atom. The molecule has 2 rings (SSSR count). The van der Waals surface area contributed by atoms with Crippen molar-refractivity contribution in [1.29, 1.82) is 5.26 Å². The number of likely N-dealkylation sites (N-methyl/N-ethyl adjacent to an activating group) is 1. The van der Waals surface area contributed by atoms with Crippen molar-refractivity contribution in [3.63, 3.8) is 0 Å². The second-order valence-electron chi connectivity index (χ2n) is 4.20. The zero-order valence-corrected chi connectivity index (χ0v) is 10.3. The van der Waals surface area contributed by atoms with E-state index < -0.39 is 0 Å². The van der Waals surface area contributed by atoms with Gasteiger partial charge in [-0.25, -0.2) is 0 Å². The lowest BCUT2D eigenvalue weighted by atomic mass is 10.0. The summed E-state index contributed by atoms with van der Waals surface area (Å²) in [5.41, 5.74) is 0.459. The predicted molar refractivity (Wildman–Crippen MR) is 65.8 cm³/mol. The molecule has 1 aliphatic rings. The molecule has 94 valence electrons. The highest BCUT2D eigenvalue weighted by atomic mass is 16.2. The average molecular weight is 245 g/mol. The lowest BCUT2D eigenvalue weighted by molar-refractivity contribution is -0.122. The Hall–Kier alpha value is -2.16. The number of piperidine rings is 1. The quantitative estimate of drug-likeness (QED) is 0.818. The van der Waals surface area contributed by atoms with Crippen molar-refractivity contribution in [3.05, 3.63) is 17.8 Å². The molecule has 1 N–H and O–H groups in total. The van der Waals surface area contributed by atoms with E-state index in [1.807, 2.05) is 4.90 Å². The van der Waals surface area contributed by atoms with Crippen LogP contribution in [0.3, 0.4) is 0 Å². The fraction of sp³-hybridized carbons (Fsp3) is 0.500. The molecule has 0 saturated carbocycles. The van der Waals surface area contributed by atoms with Crippen LogP contribution in [-0.4, -0.2) is 35.7 Å². The zero-order chi connectivity index (χ0) is 13.0. The molecule has 1 aliphatic heterocycles. The number of aromatic nitrogens is 2. The van der Waals surface area contributed by atoms with Crippen molar-refractivity contribution in [3.8, 4) is 6.07 Å². The van der Waals surface area contributed by atoms with E-state index in [1.165, 1.54) is 6.20 Å². The summed E-state index contributed by atoms with van der Waals surface area (Å²) in [6, 6.07) is 3.46. The molecule has 1 amide bonds. The number of carbonyl (C=O) groups excluding carboxylic acids is 1. The molecule has 0 radical (unpaired) electrons. The molecule has 6 nitrogen and oxygen atoms in total. The van der Waals surface area contributed by atoms with Crippen LogP contribution in [0.4, 0.5) is 5.82 Å². The summed E-state index contributed by atoms with van der Waals surface area (Å²) in [4.78, 5) is 13.7. The third-order valence-corrected chi connectivity index (χ3v) is 3.15. The lowest BCUT2D eigenvalue weighted by Gasteiger charge is -2.35. The summed E-state index contributed by atoms with van der Waals surface area (Å²) in [7, 11) is 1.62. The monoisotopic (exact) mass is 245 g/mol. The molecule has 6 heteroatoms. The summed E-state index contributed by atoms with van der Waals surface area (Å²) in [5, 5.41) is 19.6. The maximum Gasteiger partial charge on any atom is 0.242 e. The van der Waals surface area contributed by atoms with Crippen molar-refractivity contribution in [2.24, 2.45) is 0 Å². The van der Waals surface area contributed by atoms with E-state index in [0.717, 1.165) is 25.8 Å². The summed E-state index contributed by atoms with van der Waals surface area (Å²) >= 11 is 0. The van der Waals surface area contributed by atoms with Gasteiger partial charge in [-0.15, -0.1) is 5.10 Å². The van der Waals surface area contributed by atoms with Crippen LogP contribution in [0.1, 0.15) is 24.8 Å². The second kappa shape index (κ2) is 5.45. The second-order valence-corrected chi connectivity index (χ2v) is 4.20. The third-order valence-electron chi connectivity index (χ3n) is 3.15. The van der Waals surface area contributed by atoms with Gasteiger partial charge in [0, 0.05) is 13.6 Å². The van der Waals surface area contributed by atoms with Crippen molar-refractivity contribution in [2.75, 3.05) is 18.5 Å². The van der Waals surface area contributed by atoms with Gasteiger partial charge in [-0.1, -0.05) is 0 Å². The molecule has 2 heterocycles. The van der Waals surface area contributed by atoms with Gasteiger partial charge in [0.1, 0.15) is 12.1 Å². The number of carbonyl (C=O) groups is 1. The smallest absolute Gasteiger partial charge is 0.242 e. The SMILES string of the molecule is CNC(=O)C1CCCCN1c1nnccc1C#N. The minimum absolute atomic E-state index is 0.0377. The van der Waals surface area contributed by atoms with E-state index in [9.17, 15) is 4.79 Å². The fourth-order valence-corrected chi connectivity index (χ4v) is 2.25. The van der Waals surface area contributed by atoms with Crippen LogP contribution in [0, 0.1) is 11.3 Å². The Morgan fingerprint density at radius 3 is 3.17 bits per heavy atom. The van der Waals surface area contributed by atoms with Crippen molar-refractivity contribution < 1.29 is 4.79 Å². The standard InChI is InChI=1S/C12H15N5O/c1-14-12(18)10-4-2-3-7-17(10)11-9(8-13)5-6-15-16-11/h5-6,10H,2-4,7H2,1H3,(H,14,18). The first-order valence-electron chi connectivity index (χ1n) is 5.98. The first kappa shape index (κ1) is 12.3. The highest BCUT2D eigenvalue weighted by Gasteiger charge is 2.30. The number of amides is 1. The van der Waals surface area contributed by atoms with Crippen molar-refractivity contribution in [2.45, 2.75) is 25.3 Å². The summed E-state index contributed by atoms with van der Waals surface area (Å²) < 4.78 is 0. The van der Waals surface area contributed by atoms with Crippen molar-refractivity contribution in [1.82, 2.24) is 15.5 Å². The highest BCUT2D eigenvalue weighted by molar-refractivity contribution is 5.85. The Balaban J connectivity index is 2.34. The summed E-state index contributed by atoms with van der Waals surface area (Å²) in [5.74, 6) is 0.470. The number of hydrogen-bond acceptors (Lipinski definition) is 5. The Labute approximate surface area is 106 Å². The fourth-order valence-electron chi connectivity index (χ4n) is 2.25. The molecule has 1 saturated heterocycles. The largest absolute Gasteiger partial charge is 0.357 e. The van der Waals surface area contributed by atoms with Crippen molar-refractivity contribution >= 4 is 11.7 Å². The maximum absolute atomic E-state index is 11.9. The van der Waals surface area contributed by atoms with Gasteiger partial charge in [-0.05, 0) is 25.3 Å². The van der Waals surface area contributed by atoms with E-state index in [1.54, 1.807) is 13.1 Å². The van der Waals surface area contributed by atoms with E-state index in [4.69, 9.17) is 5.26 Å². The molecule has 1 aromatic heterocycles. The number of anilines is 1. The van der Waals surface area contributed by atoms with Gasteiger partial charge in [0.05, 0.1) is 11.8 Å². The van der Waals surface area contributed by atoms with Crippen LogP contribution < -0.4 is 10.2 Å². The molecule has 1 atom stereocenters. The molecule has 1 fully saturated rings. The zero-order valence-electron chi connectivity index (χ0n) is 10.3. The minimum Gasteiger partial charge on any atom is -0.357 e. The van der Waals surface area contributed by atoms with E-state index in [0.29, 0.717) is 11.4 Å². The molecular weight excluding hydrogens is 230 g/mol. The number of nitrogens with one attached hydrogen (secondary N) is 1. The number of nitriles is 1. The highest BCUT2D eigenvalue weighted by Crippen LogP contribution is 2.25. The van der Waals surface area contributed by atoms with Crippen LogP contribution in [0.15, 0.2) is 12.3 Å². The first-order chi connectivity index (χ1) is 8.77. The van der Waals surface area contributed by atoms with Gasteiger partial charge < -0.3 is 10.2 Å². The Bertz CT molecular complexity index is 482. The van der Waals surface area contributed by atoms with Crippen LogP contribution >= 0.6 is 0 Å². The van der Waals surface area contributed by atoms with Crippen LogP contribution in [-0.2, 0) is 4.79 Å². The third kappa shape index (κ3) is 2.25. The van der Waals surface area contributed by atoms with Gasteiger partial charge >= 0.3 is 0 Å². The van der Waals surface area contributed by atoms with Gasteiger partial charge in [0.25, 0.3) is 0 Å². The van der Waals surface area contributed by atoms with Crippen LogP contribution in [0.2, 0.25) is 0 Å². The van der Waals surface area contributed by atoms with E-state index in [2.05, 4.69) is 21.6 Å². The normalized spacial score (nSPS) is 19.1.